The van der Waals surface area contributed by atoms with E-state index in [-0.39, 0.29) is 28.9 Å². The van der Waals surface area contributed by atoms with E-state index in [1.54, 1.807) is 18.2 Å². The molecular weight excluding hydrogens is 470 g/mol. The van der Waals surface area contributed by atoms with Crippen LogP contribution < -0.4 is 11.1 Å². The molecule has 0 bridgehead atoms. The molecule has 0 fully saturated rings. The lowest BCUT2D eigenvalue weighted by atomic mass is 10.1. The smallest absolute Gasteiger partial charge is 0.335 e. The average Bonchev–Trinajstić information content (AvgIpc) is 3.49. The second kappa shape index (κ2) is 10.6. The topological polar surface area (TPSA) is 128 Å². The van der Waals surface area contributed by atoms with Gasteiger partial charge >= 0.3 is 12.5 Å². The van der Waals surface area contributed by atoms with Gasteiger partial charge in [-0.05, 0) is 56.6 Å². The summed E-state index contributed by atoms with van der Waals surface area (Å²) in [5, 5.41) is 12.0. The predicted molar refractivity (Wildman–Crippen MR) is 131 cm³/mol. The van der Waals surface area contributed by atoms with Gasteiger partial charge in [0.25, 0.3) is 5.91 Å². The summed E-state index contributed by atoms with van der Waals surface area (Å²) in [5.41, 5.74) is 7.28. The highest BCUT2D eigenvalue weighted by Gasteiger charge is 2.24. The van der Waals surface area contributed by atoms with Crippen LogP contribution in [0.4, 0.5) is 14.7 Å². The van der Waals surface area contributed by atoms with Crippen molar-refractivity contribution < 1.29 is 23.5 Å². The van der Waals surface area contributed by atoms with E-state index in [2.05, 4.69) is 15.3 Å². The highest BCUT2D eigenvalue weighted by Crippen LogP contribution is 2.35. The van der Waals surface area contributed by atoms with Crippen molar-refractivity contribution in [3.8, 4) is 11.4 Å². The second-order valence-electron chi connectivity index (χ2n) is 8.39. The maximum Gasteiger partial charge on any atom is 0.335 e. The number of alkyl halides is 2. The van der Waals surface area contributed by atoms with Crippen LogP contribution in [0.25, 0.3) is 22.4 Å². The zero-order valence-corrected chi connectivity index (χ0v) is 19.6. The maximum absolute atomic E-state index is 13.7. The highest BCUT2D eigenvalue weighted by atomic mass is 19.3. The number of aromatic nitrogens is 4. The normalized spacial score (nSPS) is 12.2. The molecule has 1 atom stereocenters. The largest absolute Gasteiger partial charge is 0.478 e. The van der Waals surface area contributed by atoms with Gasteiger partial charge in [0.2, 0.25) is 5.95 Å². The van der Waals surface area contributed by atoms with E-state index < -0.39 is 18.4 Å². The number of nitrogens with zero attached hydrogens (tertiary/aromatic N) is 4. The number of benzene rings is 2. The van der Waals surface area contributed by atoms with E-state index in [9.17, 15) is 23.5 Å². The number of hydrogen-bond donors (Lipinski definition) is 3. The first-order valence-corrected chi connectivity index (χ1v) is 11.5. The summed E-state index contributed by atoms with van der Waals surface area (Å²) in [4.78, 5) is 33.2. The molecule has 0 aliphatic rings. The molecule has 4 rings (SSSR count). The van der Waals surface area contributed by atoms with Gasteiger partial charge in [-0.25, -0.2) is 14.8 Å². The number of carbonyl (C=O) groups is 2. The van der Waals surface area contributed by atoms with Crippen molar-refractivity contribution in [2.45, 2.75) is 38.8 Å². The molecule has 1 unspecified atom stereocenters. The summed E-state index contributed by atoms with van der Waals surface area (Å²) in [5.74, 6) is -1.39. The van der Waals surface area contributed by atoms with E-state index in [1.807, 2.05) is 11.5 Å². The third kappa shape index (κ3) is 4.96. The van der Waals surface area contributed by atoms with E-state index in [0.29, 0.717) is 29.6 Å². The van der Waals surface area contributed by atoms with Gasteiger partial charge in [-0.1, -0.05) is 18.6 Å². The minimum atomic E-state index is -2.78. The maximum atomic E-state index is 13.7. The minimum Gasteiger partial charge on any atom is -0.478 e. The molecule has 188 valence electrons. The molecule has 0 aliphatic heterocycles. The Labute approximate surface area is 205 Å². The molecule has 0 spiro atoms. The Hall–Kier alpha value is -4.12. The fraction of sp³-hybridized carbons (Fsp3) is 0.280. The zero-order chi connectivity index (χ0) is 25.8. The van der Waals surface area contributed by atoms with Crippen LogP contribution in [-0.4, -0.2) is 42.6 Å². The molecule has 4 N–H and O–H groups in total. The van der Waals surface area contributed by atoms with E-state index >= 15 is 0 Å². The number of carboxylic acids is 1. The zero-order valence-electron chi connectivity index (χ0n) is 19.6. The number of rotatable bonds is 10. The van der Waals surface area contributed by atoms with Crippen molar-refractivity contribution in [1.29, 1.82) is 0 Å². The number of nitrogens with one attached hydrogen (secondary N) is 1. The minimum absolute atomic E-state index is 0.0209. The van der Waals surface area contributed by atoms with Crippen LogP contribution >= 0.6 is 0 Å². The number of fused-ring (bicyclic) bond motifs is 1. The number of amides is 1. The molecule has 0 saturated heterocycles. The van der Waals surface area contributed by atoms with Crippen molar-refractivity contribution in [2.75, 3.05) is 11.9 Å². The summed E-state index contributed by atoms with van der Waals surface area (Å²) in [6.07, 6.45) is 4.85. The van der Waals surface area contributed by atoms with E-state index in [1.165, 1.54) is 36.7 Å². The van der Waals surface area contributed by atoms with Gasteiger partial charge in [-0.15, -0.1) is 0 Å². The number of aromatic carboxylic acids is 1. The van der Waals surface area contributed by atoms with Crippen LogP contribution in [0, 0.1) is 0 Å². The van der Waals surface area contributed by atoms with Gasteiger partial charge in [-0.2, -0.15) is 8.78 Å². The van der Waals surface area contributed by atoms with Crippen molar-refractivity contribution in [2.24, 2.45) is 5.73 Å². The lowest BCUT2D eigenvalue weighted by molar-refractivity contribution is 0.0694. The molecule has 11 heteroatoms. The molecule has 36 heavy (non-hydrogen) atoms. The molecule has 2 aromatic carbocycles. The van der Waals surface area contributed by atoms with Gasteiger partial charge in [0.1, 0.15) is 5.82 Å². The first-order valence-electron chi connectivity index (χ1n) is 11.5. The fourth-order valence-corrected chi connectivity index (χ4v) is 4.21. The molecule has 9 nitrogen and oxygen atoms in total. The molecule has 4 aromatic rings. The Bertz CT molecular complexity index is 1400. The molecule has 0 saturated carbocycles. The number of anilines is 1. The molecule has 1 amide bonds. The number of carbonyl (C=O) groups excluding carboxylic acids is 1. The average molecular weight is 497 g/mol. The third-order valence-electron chi connectivity index (χ3n) is 5.94. The van der Waals surface area contributed by atoms with Crippen LogP contribution in [0.5, 0.6) is 0 Å². The summed E-state index contributed by atoms with van der Waals surface area (Å²) >= 11 is 0. The standard InChI is InChI=1S/C25H26F2N6O3/c1-15(6-2-3-11-28)33-20-18(21-29-12-13-32(21)24(26)27)9-5-10-19(20)30-25(33)31-22(34)16-7-4-8-17(14-16)23(35)36/h4-5,7-10,12-15,24H,2-3,6,11,28H2,1H3,(H,35,36)(H,30,31,34). The van der Waals surface area contributed by atoms with Crippen LogP contribution in [0.15, 0.2) is 54.9 Å². The number of hydrogen-bond acceptors (Lipinski definition) is 5. The predicted octanol–water partition coefficient (Wildman–Crippen LogP) is 4.94. The number of halogens is 2. The summed E-state index contributed by atoms with van der Waals surface area (Å²) in [6.45, 7) is -0.288. The number of carboxylic acid groups (broad SMARTS) is 1. The SMILES string of the molecule is CC(CCCCN)n1c(NC(=O)c2cccc(C(=O)O)c2)nc2cccc(-c3nccn3C(F)F)c21. The van der Waals surface area contributed by atoms with Gasteiger partial charge in [0.15, 0.2) is 0 Å². The molecule has 0 radical (unpaired) electrons. The Morgan fingerprint density at radius 3 is 2.61 bits per heavy atom. The first-order chi connectivity index (χ1) is 17.3. The molecule has 0 aliphatic carbocycles. The number of unbranched alkanes of at least 4 members (excludes halogenated alkanes) is 1. The summed E-state index contributed by atoms with van der Waals surface area (Å²) < 4.78 is 29.9. The fourth-order valence-electron chi connectivity index (χ4n) is 4.21. The van der Waals surface area contributed by atoms with Crippen LogP contribution in [0.1, 0.15) is 59.5 Å². The van der Waals surface area contributed by atoms with Crippen LogP contribution in [0.2, 0.25) is 0 Å². The number of para-hydroxylation sites is 1. The molecule has 2 heterocycles. The quantitative estimate of drug-likeness (QED) is 0.267. The van der Waals surface area contributed by atoms with Crippen molar-refractivity contribution in [1.82, 2.24) is 19.1 Å². The van der Waals surface area contributed by atoms with Gasteiger partial charge in [-0.3, -0.25) is 14.7 Å². The van der Waals surface area contributed by atoms with Gasteiger partial charge in [0, 0.05) is 29.6 Å². The molecular formula is C25H26F2N6O3. The molecule has 2 aromatic heterocycles. The number of imidazole rings is 2. The lowest BCUT2D eigenvalue weighted by Crippen LogP contribution is -2.18. The first kappa shape index (κ1) is 25.0. The Balaban J connectivity index is 1.83. The van der Waals surface area contributed by atoms with Gasteiger partial charge in [0.05, 0.1) is 16.6 Å². The Kier molecular flexibility index (Phi) is 7.39. The van der Waals surface area contributed by atoms with Crippen molar-refractivity contribution >= 4 is 28.9 Å². The second-order valence-corrected chi connectivity index (χ2v) is 8.39. The highest BCUT2D eigenvalue weighted by molar-refractivity contribution is 6.06. The van der Waals surface area contributed by atoms with Crippen molar-refractivity contribution in [3.05, 3.63) is 66.0 Å². The van der Waals surface area contributed by atoms with E-state index in [0.717, 1.165) is 17.4 Å². The monoisotopic (exact) mass is 496 g/mol. The lowest BCUT2D eigenvalue weighted by Gasteiger charge is -2.19. The Morgan fingerprint density at radius 1 is 1.14 bits per heavy atom. The van der Waals surface area contributed by atoms with E-state index in [4.69, 9.17) is 5.73 Å². The van der Waals surface area contributed by atoms with Crippen LogP contribution in [-0.2, 0) is 0 Å². The third-order valence-corrected chi connectivity index (χ3v) is 5.94. The van der Waals surface area contributed by atoms with Crippen molar-refractivity contribution in [3.63, 3.8) is 0 Å². The van der Waals surface area contributed by atoms with Crippen LogP contribution in [0.3, 0.4) is 0 Å². The number of nitrogens with two attached hydrogens (primary N) is 1. The summed E-state index contributed by atoms with van der Waals surface area (Å²) in [7, 11) is 0. The van der Waals surface area contributed by atoms with Gasteiger partial charge < -0.3 is 15.4 Å². The Morgan fingerprint density at radius 2 is 1.89 bits per heavy atom. The summed E-state index contributed by atoms with van der Waals surface area (Å²) in [6, 6.07) is 10.6.